The van der Waals surface area contributed by atoms with Crippen molar-refractivity contribution in [2.45, 2.75) is 34.2 Å². The molecule has 0 unspecified atom stereocenters. The van der Waals surface area contributed by atoms with Crippen LogP contribution in [-0.2, 0) is 6.54 Å². The summed E-state index contributed by atoms with van der Waals surface area (Å²) < 4.78 is 1.83. The van der Waals surface area contributed by atoms with Crippen LogP contribution in [0.1, 0.15) is 38.4 Å². The van der Waals surface area contributed by atoms with Crippen molar-refractivity contribution in [1.29, 1.82) is 0 Å². The van der Waals surface area contributed by atoms with Gasteiger partial charge < -0.3 is 5.32 Å². The maximum Gasteiger partial charge on any atom is 0.259 e. The molecule has 26 heavy (non-hydrogen) atoms. The molecule has 0 saturated carbocycles. The first-order chi connectivity index (χ1) is 12.4. The number of hydrogen-bond acceptors (Lipinski definition) is 2. The minimum atomic E-state index is -0.141. The average molecular weight is 368 g/mol. The smallest absolute Gasteiger partial charge is 0.259 e. The molecule has 0 radical (unpaired) electrons. The molecule has 3 rings (SSSR count). The van der Waals surface area contributed by atoms with Crippen LogP contribution in [0.15, 0.2) is 42.5 Å². The van der Waals surface area contributed by atoms with E-state index in [1.807, 2.05) is 68.8 Å². The monoisotopic (exact) mass is 367 g/mol. The number of anilines is 1. The number of amides is 1. The molecule has 0 atom stereocenters. The van der Waals surface area contributed by atoms with Gasteiger partial charge in [-0.2, -0.15) is 5.10 Å². The number of aryl methyl sites for hydroxylation is 3. The summed E-state index contributed by atoms with van der Waals surface area (Å²) in [7, 11) is 0. The second-order valence-corrected chi connectivity index (χ2v) is 6.97. The van der Waals surface area contributed by atoms with Gasteiger partial charge in [-0.25, -0.2) is 0 Å². The Morgan fingerprint density at radius 3 is 2.54 bits per heavy atom. The van der Waals surface area contributed by atoms with Crippen LogP contribution in [0.5, 0.6) is 0 Å². The molecule has 0 aliphatic carbocycles. The summed E-state index contributed by atoms with van der Waals surface area (Å²) in [5, 5.41) is 8.24. The maximum absolute atomic E-state index is 12.8. The highest BCUT2D eigenvalue weighted by atomic mass is 35.5. The summed E-state index contributed by atoms with van der Waals surface area (Å²) in [6.45, 7) is 8.32. The lowest BCUT2D eigenvalue weighted by Crippen LogP contribution is -2.15. The van der Waals surface area contributed by atoms with Gasteiger partial charge >= 0.3 is 0 Å². The van der Waals surface area contributed by atoms with E-state index in [-0.39, 0.29) is 5.91 Å². The number of carbonyl (C=O) groups excluding carboxylic acids is 1. The fourth-order valence-corrected chi connectivity index (χ4v) is 3.30. The minimum absolute atomic E-state index is 0.141. The summed E-state index contributed by atoms with van der Waals surface area (Å²) >= 11 is 6.25. The topological polar surface area (TPSA) is 46.9 Å². The van der Waals surface area contributed by atoms with Crippen molar-refractivity contribution < 1.29 is 4.79 Å². The van der Waals surface area contributed by atoms with Crippen LogP contribution in [0.2, 0.25) is 5.02 Å². The normalized spacial score (nSPS) is 10.8. The highest BCUT2D eigenvalue weighted by Crippen LogP contribution is 2.22. The van der Waals surface area contributed by atoms with E-state index in [2.05, 4.69) is 16.5 Å². The minimum Gasteiger partial charge on any atom is -0.322 e. The molecular formula is C21H22ClN3O. The van der Waals surface area contributed by atoms with E-state index in [0.29, 0.717) is 22.8 Å². The van der Waals surface area contributed by atoms with Crippen LogP contribution < -0.4 is 5.32 Å². The summed E-state index contributed by atoms with van der Waals surface area (Å²) in [6, 6.07) is 13.6. The lowest BCUT2D eigenvalue weighted by Gasteiger charge is -2.10. The molecule has 1 aromatic heterocycles. The van der Waals surface area contributed by atoms with Crippen LogP contribution in [-0.4, -0.2) is 15.7 Å². The summed E-state index contributed by atoms with van der Waals surface area (Å²) in [5.74, 6) is -0.141. The molecule has 3 aromatic rings. The molecule has 2 aromatic carbocycles. The Bertz CT molecular complexity index is 975. The number of halogens is 1. The zero-order valence-electron chi connectivity index (χ0n) is 15.4. The molecule has 0 saturated heterocycles. The molecule has 0 aliphatic heterocycles. The molecule has 0 bridgehead atoms. The van der Waals surface area contributed by atoms with Gasteiger partial charge in [0.1, 0.15) is 0 Å². The summed E-state index contributed by atoms with van der Waals surface area (Å²) in [6.07, 6.45) is 0. The zero-order chi connectivity index (χ0) is 18.8. The lowest BCUT2D eigenvalue weighted by atomic mass is 10.1. The molecule has 5 heteroatoms. The predicted molar refractivity (Wildman–Crippen MR) is 106 cm³/mol. The van der Waals surface area contributed by atoms with E-state index >= 15 is 0 Å². The zero-order valence-corrected chi connectivity index (χ0v) is 16.2. The van der Waals surface area contributed by atoms with Gasteiger partial charge in [-0.05, 0) is 51.0 Å². The van der Waals surface area contributed by atoms with Crippen molar-refractivity contribution in [2.75, 3.05) is 5.32 Å². The van der Waals surface area contributed by atoms with Crippen molar-refractivity contribution in [1.82, 2.24) is 9.78 Å². The largest absolute Gasteiger partial charge is 0.322 e. The van der Waals surface area contributed by atoms with Gasteiger partial charge in [0.15, 0.2) is 0 Å². The highest BCUT2D eigenvalue weighted by Gasteiger charge is 2.19. The number of nitrogens with one attached hydrogen (secondary N) is 1. The van der Waals surface area contributed by atoms with Gasteiger partial charge in [0.05, 0.1) is 17.8 Å². The predicted octanol–water partition coefficient (Wildman–Crippen LogP) is 5.07. The first-order valence-corrected chi connectivity index (χ1v) is 8.90. The molecule has 1 N–H and O–H groups in total. The first-order valence-electron chi connectivity index (χ1n) is 8.53. The Labute approximate surface area is 158 Å². The molecule has 134 valence electrons. The van der Waals surface area contributed by atoms with E-state index in [9.17, 15) is 4.79 Å². The summed E-state index contributed by atoms with van der Waals surface area (Å²) in [5.41, 5.74) is 6.13. The molecule has 1 amide bonds. The third kappa shape index (κ3) is 3.65. The van der Waals surface area contributed by atoms with Crippen LogP contribution >= 0.6 is 11.6 Å². The van der Waals surface area contributed by atoms with Crippen molar-refractivity contribution >= 4 is 23.2 Å². The molecular weight excluding hydrogens is 346 g/mol. The van der Waals surface area contributed by atoms with E-state index in [4.69, 9.17) is 11.6 Å². The molecule has 0 aliphatic rings. The van der Waals surface area contributed by atoms with E-state index in [0.717, 1.165) is 22.5 Å². The van der Waals surface area contributed by atoms with Gasteiger partial charge in [-0.15, -0.1) is 0 Å². The first kappa shape index (κ1) is 18.2. The Morgan fingerprint density at radius 2 is 1.85 bits per heavy atom. The average Bonchev–Trinajstić information content (AvgIpc) is 2.86. The molecule has 1 heterocycles. The Balaban J connectivity index is 1.87. The standard InChI is InChI=1S/C21H22ClN3O/c1-13-9-10-19(14(2)11-13)23-21(26)20-15(3)24-25(16(20)4)12-17-7-5-6-8-18(17)22/h5-11H,12H2,1-4H3,(H,23,26). The third-order valence-corrected chi connectivity index (χ3v) is 4.89. The fourth-order valence-electron chi connectivity index (χ4n) is 3.11. The van der Waals surface area contributed by atoms with Crippen LogP contribution in [0, 0.1) is 27.7 Å². The van der Waals surface area contributed by atoms with Gasteiger partial charge in [0.25, 0.3) is 5.91 Å². The van der Waals surface area contributed by atoms with Gasteiger partial charge in [0.2, 0.25) is 0 Å². The fraction of sp³-hybridized carbons (Fsp3) is 0.238. The lowest BCUT2D eigenvalue weighted by molar-refractivity contribution is 0.102. The highest BCUT2D eigenvalue weighted by molar-refractivity contribution is 6.31. The molecule has 4 nitrogen and oxygen atoms in total. The second kappa shape index (κ2) is 7.34. The van der Waals surface area contributed by atoms with E-state index < -0.39 is 0 Å². The van der Waals surface area contributed by atoms with Crippen LogP contribution in [0.4, 0.5) is 5.69 Å². The number of benzene rings is 2. The number of aromatic nitrogens is 2. The van der Waals surface area contributed by atoms with Crippen LogP contribution in [0.25, 0.3) is 0 Å². The van der Waals surface area contributed by atoms with Gasteiger partial charge in [0, 0.05) is 16.4 Å². The number of rotatable bonds is 4. The van der Waals surface area contributed by atoms with Crippen molar-refractivity contribution in [2.24, 2.45) is 0 Å². The SMILES string of the molecule is Cc1ccc(NC(=O)c2c(C)nn(Cc3ccccc3Cl)c2C)c(C)c1. The van der Waals surface area contributed by atoms with E-state index in [1.54, 1.807) is 0 Å². The van der Waals surface area contributed by atoms with Crippen molar-refractivity contribution in [3.05, 3.63) is 81.1 Å². The Morgan fingerprint density at radius 1 is 1.12 bits per heavy atom. The number of nitrogens with zero attached hydrogens (tertiary/aromatic N) is 2. The maximum atomic E-state index is 12.8. The molecule has 0 spiro atoms. The van der Waals surface area contributed by atoms with Crippen molar-refractivity contribution in [3.63, 3.8) is 0 Å². The Kier molecular flexibility index (Phi) is 5.14. The van der Waals surface area contributed by atoms with Crippen LogP contribution in [0.3, 0.4) is 0 Å². The van der Waals surface area contributed by atoms with Crippen molar-refractivity contribution in [3.8, 4) is 0 Å². The Hall–Kier alpha value is -2.59. The number of carbonyl (C=O) groups is 1. The quantitative estimate of drug-likeness (QED) is 0.699. The van der Waals surface area contributed by atoms with E-state index in [1.165, 1.54) is 5.56 Å². The summed E-state index contributed by atoms with van der Waals surface area (Å²) in [4.78, 5) is 12.8. The number of hydrogen-bond donors (Lipinski definition) is 1. The van der Waals surface area contributed by atoms with Gasteiger partial charge in [-0.1, -0.05) is 47.5 Å². The molecule has 0 fully saturated rings. The third-order valence-electron chi connectivity index (χ3n) is 4.52. The second-order valence-electron chi connectivity index (χ2n) is 6.57. The van der Waals surface area contributed by atoms with Gasteiger partial charge in [-0.3, -0.25) is 9.48 Å².